The molecule has 0 amide bonds. The molecule has 0 saturated heterocycles. The second kappa shape index (κ2) is 6.79. The lowest BCUT2D eigenvalue weighted by Gasteiger charge is -2.14. The number of hydrogen-bond acceptors (Lipinski definition) is 6. The number of nitrogens with zero attached hydrogens (tertiary/aromatic N) is 3. The van der Waals surface area contributed by atoms with Gasteiger partial charge in [-0.05, 0) is 30.9 Å². The number of non-ortho nitro benzene ring substituents is 1. The quantitative estimate of drug-likeness (QED) is 0.627. The first-order valence-electron chi connectivity index (χ1n) is 7.68. The largest absolute Gasteiger partial charge is 0.491 e. The second-order valence-corrected chi connectivity index (χ2v) is 5.71. The number of benzene rings is 1. The second-order valence-electron chi connectivity index (χ2n) is 5.71. The van der Waals surface area contributed by atoms with E-state index < -0.39 is 11.0 Å². The Kier molecular flexibility index (Phi) is 4.57. The van der Waals surface area contributed by atoms with E-state index in [1.54, 1.807) is 12.1 Å². The van der Waals surface area contributed by atoms with Gasteiger partial charge in [-0.25, -0.2) is 4.68 Å². The molecule has 8 heteroatoms. The lowest BCUT2D eigenvalue weighted by molar-refractivity contribution is -0.384. The highest BCUT2D eigenvalue weighted by atomic mass is 16.6. The molecule has 1 aromatic carbocycles. The minimum Gasteiger partial charge on any atom is -0.491 e. The fourth-order valence-electron chi connectivity index (χ4n) is 2.70. The van der Waals surface area contributed by atoms with Crippen LogP contribution in [0.1, 0.15) is 17.7 Å². The number of hydrogen-bond donors (Lipinski definition) is 1. The zero-order chi connectivity index (χ0) is 17.1. The van der Waals surface area contributed by atoms with Gasteiger partial charge in [0.25, 0.3) is 11.2 Å². The number of aliphatic hydroxyl groups is 1. The van der Waals surface area contributed by atoms with Crippen molar-refractivity contribution in [1.82, 2.24) is 9.78 Å². The number of ether oxygens (including phenoxy) is 1. The zero-order valence-corrected chi connectivity index (χ0v) is 12.9. The van der Waals surface area contributed by atoms with Gasteiger partial charge >= 0.3 is 0 Å². The molecular formula is C16H17N3O5. The maximum Gasteiger partial charge on any atom is 0.273 e. The fourth-order valence-corrected chi connectivity index (χ4v) is 2.70. The molecule has 0 aliphatic heterocycles. The molecule has 1 heterocycles. The topological polar surface area (TPSA) is 107 Å². The summed E-state index contributed by atoms with van der Waals surface area (Å²) in [5, 5.41) is 25.1. The van der Waals surface area contributed by atoms with Crippen LogP contribution in [0.15, 0.2) is 35.1 Å². The van der Waals surface area contributed by atoms with Gasteiger partial charge < -0.3 is 9.84 Å². The third-order valence-electron chi connectivity index (χ3n) is 3.88. The molecule has 1 aliphatic rings. The molecule has 1 aliphatic carbocycles. The molecule has 1 atom stereocenters. The zero-order valence-electron chi connectivity index (χ0n) is 12.9. The van der Waals surface area contributed by atoms with Crippen molar-refractivity contribution in [2.45, 2.75) is 31.9 Å². The summed E-state index contributed by atoms with van der Waals surface area (Å²) in [4.78, 5) is 22.2. The SMILES string of the molecule is O=c1cc2c(nn1C[C@@H](O)COc1cccc([N+](=O)[O-])c1)CCC2. The number of fused-ring (bicyclic) bond motifs is 1. The van der Waals surface area contributed by atoms with Crippen LogP contribution >= 0.6 is 0 Å². The highest BCUT2D eigenvalue weighted by Crippen LogP contribution is 2.19. The van der Waals surface area contributed by atoms with Crippen molar-refractivity contribution in [1.29, 1.82) is 0 Å². The number of nitro groups is 1. The van der Waals surface area contributed by atoms with E-state index in [1.807, 2.05) is 0 Å². The van der Waals surface area contributed by atoms with E-state index in [0.29, 0.717) is 0 Å². The number of aliphatic hydroxyl groups excluding tert-OH is 1. The first kappa shape index (κ1) is 16.1. The van der Waals surface area contributed by atoms with E-state index in [-0.39, 0.29) is 30.1 Å². The fraction of sp³-hybridized carbons (Fsp3) is 0.375. The summed E-state index contributed by atoms with van der Waals surface area (Å²) in [5.74, 6) is 0.289. The molecule has 126 valence electrons. The normalized spacial score (nSPS) is 14.2. The molecule has 3 rings (SSSR count). The van der Waals surface area contributed by atoms with E-state index in [4.69, 9.17) is 4.74 Å². The van der Waals surface area contributed by atoms with E-state index in [2.05, 4.69) is 5.10 Å². The molecule has 1 N–H and O–H groups in total. The van der Waals surface area contributed by atoms with Gasteiger partial charge in [-0.1, -0.05) is 6.07 Å². The molecule has 8 nitrogen and oxygen atoms in total. The standard InChI is InChI=1S/C16H17N3O5/c20-13(10-24-14-5-2-4-12(8-14)19(22)23)9-18-16(21)7-11-3-1-6-15(11)17-18/h2,4-5,7-8,13,20H,1,3,6,9-10H2/t13-/m1/s1. The third-order valence-corrected chi connectivity index (χ3v) is 3.88. The number of aromatic nitrogens is 2. The molecule has 0 saturated carbocycles. The summed E-state index contributed by atoms with van der Waals surface area (Å²) >= 11 is 0. The van der Waals surface area contributed by atoms with Gasteiger partial charge in [0.1, 0.15) is 18.5 Å². The molecule has 1 aromatic heterocycles. The van der Waals surface area contributed by atoms with Crippen molar-refractivity contribution in [2.75, 3.05) is 6.61 Å². The Bertz CT molecular complexity index is 818. The summed E-state index contributed by atoms with van der Waals surface area (Å²) in [6.45, 7) is -0.0760. The van der Waals surface area contributed by atoms with Crippen LogP contribution < -0.4 is 10.3 Å². The van der Waals surface area contributed by atoms with Gasteiger partial charge in [-0.3, -0.25) is 14.9 Å². The van der Waals surface area contributed by atoms with Crippen molar-refractivity contribution in [3.8, 4) is 5.75 Å². The van der Waals surface area contributed by atoms with Gasteiger partial charge in [0.15, 0.2) is 0 Å². The van der Waals surface area contributed by atoms with Crippen molar-refractivity contribution in [3.05, 3.63) is 62.1 Å². The Morgan fingerprint density at radius 3 is 3.00 bits per heavy atom. The first-order chi connectivity index (χ1) is 11.5. The van der Waals surface area contributed by atoms with E-state index >= 15 is 0 Å². The Labute approximate surface area is 137 Å². The Balaban J connectivity index is 1.62. The molecule has 2 aromatic rings. The average Bonchev–Trinajstić information content (AvgIpc) is 3.00. The van der Waals surface area contributed by atoms with Crippen LogP contribution in [0.4, 0.5) is 5.69 Å². The number of aryl methyl sites for hydroxylation is 2. The molecule has 0 unspecified atom stereocenters. The summed E-state index contributed by atoms with van der Waals surface area (Å²) in [6.07, 6.45) is 1.76. The lowest BCUT2D eigenvalue weighted by atomic mass is 10.2. The van der Waals surface area contributed by atoms with Crippen molar-refractivity contribution in [3.63, 3.8) is 0 Å². The minimum absolute atomic E-state index is 0.0149. The molecular weight excluding hydrogens is 314 g/mol. The van der Waals surface area contributed by atoms with Gasteiger partial charge in [-0.2, -0.15) is 5.10 Å². The van der Waals surface area contributed by atoms with Crippen molar-refractivity contribution >= 4 is 5.69 Å². The molecule has 0 spiro atoms. The summed E-state index contributed by atoms with van der Waals surface area (Å²) in [5.41, 5.74) is 1.56. The van der Waals surface area contributed by atoms with Crippen LogP contribution in [-0.2, 0) is 19.4 Å². The van der Waals surface area contributed by atoms with Crippen LogP contribution in [0.3, 0.4) is 0 Å². The summed E-state index contributed by atoms with van der Waals surface area (Å²) < 4.78 is 6.61. The van der Waals surface area contributed by atoms with Gasteiger partial charge in [-0.15, -0.1) is 0 Å². The molecule has 24 heavy (non-hydrogen) atoms. The highest BCUT2D eigenvalue weighted by Gasteiger charge is 2.16. The van der Waals surface area contributed by atoms with Crippen LogP contribution in [0.25, 0.3) is 0 Å². The average molecular weight is 331 g/mol. The van der Waals surface area contributed by atoms with E-state index in [9.17, 15) is 20.0 Å². The van der Waals surface area contributed by atoms with E-state index in [0.717, 1.165) is 30.5 Å². The molecule has 0 fully saturated rings. The van der Waals surface area contributed by atoms with Crippen LogP contribution in [0, 0.1) is 10.1 Å². The van der Waals surface area contributed by atoms with Gasteiger partial charge in [0.05, 0.1) is 23.2 Å². The van der Waals surface area contributed by atoms with Gasteiger partial charge in [0, 0.05) is 12.1 Å². The Morgan fingerprint density at radius 1 is 1.38 bits per heavy atom. The molecule has 0 radical (unpaired) electrons. The summed E-state index contributed by atoms with van der Waals surface area (Å²) in [6, 6.07) is 7.29. The van der Waals surface area contributed by atoms with Crippen LogP contribution in [-0.4, -0.2) is 32.5 Å². The lowest BCUT2D eigenvalue weighted by Crippen LogP contribution is -2.32. The third kappa shape index (κ3) is 3.60. The summed E-state index contributed by atoms with van der Waals surface area (Å²) in [7, 11) is 0. The smallest absolute Gasteiger partial charge is 0.273 e. The predicted molar refractivity (Wildman–Crippen MR) is 85.1 cm³/mol. The number of nitro benzene ring substituents is 1. The maximum atomic E-state index is 12.0. The predicted octanol–water partition coefficient (Wildman–Crippen LogP) is 1.08. The minimum atomic E-state index is -0.950. The Morgan fingerprint density at radius 2 is 2.21 bits per heavy atom. The van der Waals surface area contributed by atoms with Crippen LogP contribution in [0.2, 0.25) is 0 Å². The van der Waals surface area contributed by atoms with E-state index in [1.165, 1.54) is 22.9 Å². The molecule has 0 bridgehead atoms. The van der Waals surface area contributed by atoms with Gasteiger partial charge in [0.2, 0.25) is 0 Å². The maximum absolute atomic E-state index is 12.0. The highest BCUT2D eigenvalue weighted by molar-refractivity contribution is 5.37. The Hall–Kier alpha value is -2.74. The van der Waals surface area contributed by atoms with Crippen molar-refractivity contribution in [2.24, 2.45) is 0 Å². The number of rotatable bonds is 6. The monoisotopic (exact) mass is 331 g/mol. The van der Waals surface area contributed by atoms with Crippen LogP contribution in [0.5, 0.6) is 5.75 Å². The first-order valence-corrected chi connectivity index (χ1v) is 7.68. The van der Waals surface area contributed by atoms with Crippen molar-refractivity contribution < 1.29 is 14.8 Å².